The molecule has 1 aliphatic heterocycles. The van der Waals surface area contributed by atoms with Gasteiger partial charge in [0.1, 0.15) is 12.1 Å². The van der Waals surface area contributed by atoms with Crippen LogP contribution in [0.15, 0.2) is 36.7 Å². The first-order valence-corrected chi connectivity index (χ1v) is 9.68. The Morgan fingerprint density at radius 1 is 1.14 bits per heavy atom. The molecule has 1 saturated heterocycles. The summed E-state index contributed by atoms with van der Waals surface area (Å²) in [5, 5.41) is 7.10. The average Bonchev–Trinajstić information content (AvgIpc) is 3.17. The Bertz CT molecular complexity index is 959. The lowest BCUT2D eigenvalue weighted by Crippen LogP contribution is -2.35. The van der Waals surface area contributed by atoms with Crippen molar-refractivity contribution >= 4 is 11.6 Å². The molecular weight excluding hydrogens is 381 g/mol. The van der Waals surface area contributed by atoms with E-state index in [0.29, 0.717) is 12.5 Å². The highest BCUT2D eigenvalue weighted by atomic mass is 19.4. The molecule has 0 atom stereocenters. The summed E-state index contributed by atoms with van der Waals surface area (Å²) in [6.07, 6.45) is -1.32. The van der Waals surface area contributed by atoms with Crippen molar-refractivity contribution in [3.8, 4) is 0 Å². The molecule has 1 fully saturated rings. The Morgan fingerprint density at radius 2 is 1.86 bits per heavy atom. The molecule has 1 aromatic carbocycles. The molecule has 0 saturated carbocycles. The van der Waals surface area contributed by atoms with E-state index in [-0.39, 0.29) is 11.6 Å². The van der Waals surface area contributed by atoms with E-state index in [2.05, 4.69) is 56.5 Å². The lowest BCUT2D eigenvalue weighted by Gasteiger charge is -2.32. The van der Waals surface area contributed by atoms with Crippen molar-refractivity contribution in [3.63, 3.8) is 0 Å². The van der Waals surface area contributed by atoms with Gasteiger partial charge in [-0.25, -0.2) is 4.98 Å². The number of aromatic nitrogens is 4. The van der Waals surface area contributed by atoms with Crippen molar-refractivity contribution in [1.29, 1.82) is 0 Å². The van der Waals surface area contributed by atoms with Crippen LogP contribution in [-0.4, -0.2) is 44.1 Å². The molecule has 0 amide bonds. The van der Waals surface area contributed by atoms with Crippen LogP contribution < -0.4 is 5.32 Å². The summed E-state index contributed by atoms with van der Waals surface area (Å²) in [6.45, 7) is 5.55. The van der Waals surface area contributed by atoms with Gasteiger partial charge in [-0.2, -0.15) is 27.8 Å². The summed E-state index contributed by atoms with van der Waals surface area (Å²) in [4.78, 5) is 9.75. The summed E-state index contributed by atoms with van der Waals surface area (Å²) >= 11 is 0. The number of fused-ring (bicyclic) bond motifs is 1. The minimum atomic E-state index is -4.52. The molecule has 0 spiro atoms. The predicted molar refractivity (Wildman–Crippen MR) is 103 cm³/mol. The summed E-state index contributed by atoms with van der Waals surface area (Å²) in [6, 6.07) is 9.57. The highest BCUT2D eigenvalue weighted by molar-refractivity contribution is 5.45. The molecule has 0 bridgehead atoms. The summed E-state index contributed by atoms with van der Waals surface area (Å²) in [7, 11) is 0. The van der Waals surface area contributed by atoms with Gasteiger partial charge >= 0.3 is 6.18 Å². The minimum absolute atomic E-state index is 0.0600. The van der Waals surface area contributed by atoms with E-state index in [1.54, 1.807) is 0 Å². The number of hydrogen-bond donors (Lipinski definition) is 1. The highest BCUT2D eigenvalue weighted by Gasteiger charge is 2.34. The van der Waals surface area contributed by atoms with Crippen molar-refractivity contribution in [2.75, 3.05) is 25.0 Å². The van der Waals surface area contributed by atoms with E-state index < -0.39 is 11.9 Å². The van der Waals surface area contributed by atoms with Crippen LogP contribution in [0.5, 0.6) is 0 Å². The summed E-state index contributed by atoms with van der Waals surface area (Å²) in [5.74, 6) is 0.600. The zero-order chi connectivity index (χ0) is 20.4. The Kier molecular flexibility index (Phi) is 5.40. The molecular formula is C20H23F3N6. The fraction of sp³-hybridized carbons (Fsp3) is 0.450. The number of benzene rings is 1. The quantitative estimate of drug-likeness (QED) is 0.702. The predicted octanol–water partition coefficient (Wildman–Crippen LogP) is 3.78. The van der Waals surface area contributed by atoms with Crippen LogP contribution in [-0.2, 0) is 12.7 Å². The van der Waals surface area contributed by atoms with E-state index in [1.165, 1.54) is 22.0 Å². The summed E-state index contributed by atoms with van der Waals surface area (Å²) in [5.41, 5.74) is 1.59. The number of piperidine rings is 1. The van der Waals surface area contributed by atoms with Gasteiger partial charge in [0.05, 0.1) is 0 Å². The van der Waals surface area contributed by atoms with Crippen LogP contribution in [0.1, 0.15) is 29.7 Å². The molecule has 6 nitrogen and oxygen atoms in total. The number of alkyl halides is 3. The average molecular weight is 404 g/mol. The second-order valence-electron chi connectivity index (χ2n) is 7.58. The lowest BCUT2D eigenvalue weighted by molar-refractivity contribution is -0.141. The third-order valence-corrected chi connectivity index (χ3v) is 5.35. The number of hydrogen-bond acceptors (Lipinski definition) is 5. The second kappa shape index (κ2) is 7.98. The Hall–Kier alpha value is -2.68. The fourth-order valence-corrected chi connectivity index (χ4v) is 3.63. The first kappa shape index (κ1) is 19.6. The maximum Gasteiger partial charge on any atom is 0.433 e. The van der Waals surface area contributed by atoms with E-state index in [0.717, 1.165) is 38.5 Å². The number of aryl methyl sites for hydroxylation is 1. The normalized spacial score (nSPS) is 16.4. The number of nitrogens with one attached hydrogen (secondary N) is 1. The number of anilines is 1. The van der Waals surface area contributed by atoms with Crippen molar-refractivity contribution in [1.82, 2.24) is 24.5 Å². The molecule has 3 heterocycles. The third kappa shape index (κ3) is 4.67. The van der Waals surface area contributed by atoms with Gasteiger partial charge in [0, 0.05) is 19.2 Å². The van der Waals surface area contributed by atoms with Gasteiger partial charge in [-0.05, 0) is 44.3 Å². The van der Waals surface area contributed by atoms with Crippen LogP contribution in [0.3, 0.4) is 0 Å². The topological polar surface area (TPSA) is 58.3 Å². The molecule has 2 aromatic heterocycles. The number of nitrogens with zero attached hydrogens (tertiary/aromatic N) is 5. The maximum atomic E-state index is 13.1. The van der Waals surface area contributed by atoms with Gasteiger partial charge in [-0.1, -0.05) is 29.8 Å². The lowest BCUT2D eigenvalue weighted by atomic mass is 9.96. The van der Waals surface area contributed by atoms with E-state index in [9.17, 15) is 13.2 Å². The SMILES string of the molecule is Cc1ccc(CN2CCC(CNc3cc(C(F)(F)F)nc4ncnn34)CC2)cc1. The van der Waals surface area contributed by atoms with Gasteiger partial charge in [-0.3, -0.25) is 4.90 Å². The molecule has 3 aromatic rings. The van der Waals surface area contributed by atoms with Crippen molar-refractivity contribution in [2.45, 2.75) is 32.5 Å². The van der Waals surface area contributed by atoms with Crippen LogP contribution in [0.2, 0.25) is 0 Å². The van der Waals surface area contributed by atoms with Gasteiger partial charge in [0.2, 0.25) is 0 Å². The molecule has 9 heteroatoms. The smallest absolute Gasteiger partial charge is 0.370 e. The fourth-order valence-electron chi connectivity index (χ4n) is 3.63. The third-order valence-electron chi connectivity index (χ3n) is 5.35. The van der Waals surface area contributed by atoms with E-state index >= 15 is 0 Å². The minimum Gasteiger partial charge on any atom is -0.370 e. The van der Waals surface area contributed by atoms with Gasteiger partial charge in [0.15, 0.2) is 5.69 Å². The van der Waals surface area contributed by atoms with Gasteiger partial charge < -0.3 is 5.32 Å². The zero-order valence-electron chi connectivity index (χ0n) is 16.2. The molecule has 1 aliphatic rings. The molecule has 0 radical (unpaired) electrons. The summed E-state index contributed by atoms with van der Waals surface area (Å²) < 4.78 is 40.6. The van der Waals surface area contributed by atoms with Crippen molar-refractivity contribution < 1.29 is 13.2 Å². The molecule has 4 rings (SSSR count). The largest absolute Gasteiger partial charge is 0.433 e. The maximum absolute atomic E-state index is 13.1. The number of likely N-dealkylation sites (tertiary alicyclic amines) is 1. The monoisotopic (exact) mass is 404 g/mol. The van der Waals surface area contributed by atoms with Crippen LogP contribution in [0.4, 0.5) is 19.0 Å². The van der Waals surface area contributed by atoms with Gasteiger partial charge in [0.25, 0.3) is 5.78 Å². The Morgan fingerprint density at radius 3 is 2.55 bits per heavy atom. The van der Waals surface area contributed by atoms with E-state index in [4.69, 9.17) is 0 Å². The molecule has 0 unspecified atom stereocenters. The van der Waals surface area contributed by atoms with Crippen LogP contribution in [0.25, 0.3) is 5.78 Å². The van der Waals surface area contributed by atoms with Crippen LogP contribution >= 0.6 is 0 Å². The number of halogens is 3. The molecule has 29 heavy (non-hydrogen) atoms. The molecule has 154 valence electrons. The van der Waals surface area contributed by atoms with Gasteiger partial charge in [-0.15, -0.1) is 0 Å². The van der Waals surface area contributed by atoms with Crippen molar-refractivity contribution in [3.05, 3.63) is 53.5 Å². The van der Waals surface area contributed by atoms with E-state index in [1.807, 2.05) is 0 Å². The molecule has 0 aliphatic carbocycles. The number of rotatable bonds is 5. The Labute approximate surface area is 166 Å². The first-order valence-electron chi connectivity index (χ1n) is 9.68. The molecule has 1 N–H and O–H groups in total. The standard InChI is InChI=1S/C20H23F3N6/c1-14-2-4-16(5-3-14)12-28-8-6-15(7-9-28)11-24-18-10-17(20(21,22)23)27-19-25-13-26-29(18)19/h2-5,10,13,15,24H,6-9,11-12H2,1H3. The van der Waals surface area contributed by atoms with Crippen LogP contribution in [0, 0.1) is 12.8 Å². The zero-order valence-corrected chi connectivity index (χ0v) is 16.2. The highest BCUT2D eigenvalue weighted by Crippen LogP contribution is 2.30. The first-order chi connectivity index (χ1) is 13.9. The second-order valence-corrected chi connectivity index (χ2v) is 7.58. The van der Waals surface area contributed by atoms with Crippen molar-refractivity contribution in [2.24, 2.45) is 5.92 Å². The Balaban J connectivity index is 1.35.